The molecule has 1 saturated heterocycles. The van der Waals surface area contributed by atoms with Crippen molar-refractivity contribution in [2.45, 2.75) is 45.1 Å². The van der Waals surface area contributed by atoms with Crippen molar-refractivity contribution < 1.29 is 9.53 Å². The van der Waals surface area contributed by atoms with Gasteiger partial charge in [-0.2, -0.15) is 0 Å². The van der Waals surface area contributed by atoms with E-state index in [1.54, 1.807) is 0 Å². The quantitative estimate of drug-likeness (QED) is 0.642. The summed E-state index contributed by atoms with van der Waals surface area (Å²) in [6.07, 6.45) is 1.50. The van der Waals surface area contributed by atoms with Gasteiger partial charge < -0.3 is 4.74 Å². The van der Waals surface area contributed by atoms with E-state index in [0.717, 1.165) is 18.7 Å². The third kappa shape index (κ3) is 2.74. The van der Waals surface area contributed by atoms with Crippen LogP contribution in [0.15, 0.2) is 0 Å². The molecule has 6 heteroatoms. The molecule has 0 aromatic carbocycles. The molecule has 1 aromatic heterocycles. The minimum absolute atomic E-state index is 0.0429. The molecule has 17 heavy (non-hydrogen) atoms. The zero-order valence-electron chi connectivity index (χ0n) is 10.2. The van der Waals surface area contributed by atoms with Gasteiger partial charge in [0.2, 0.25) is 4.77 Å². The number of esters is 1. The van der Waals surface area contributed by atoms with Gasteiger partial charge in [0, 0.05) is 5.92 Å². The highest BCUT2D eigenvalue weighted by Crippen LogP contribution is 2.35. The van der Waals surface area contributed by atoms with Crippen molar-refractivity contribution in [1.29, 1.82) is 0 Å². The number of aromatic nitrogens is 3. The minimum Gasteiger partial charge on any atom is -0.459 e. The van der Waals surface area contributed by atoms with E-state index in [2.05, 4.69) is 15.2 Å². The van der Waals surface area contributed by atoms with Crippen LogP contribution >= 0.6 is 12.2 Å². The molecule has 1 fully saturated rings. The second-order valence-corrected chi connectivity index (χ2v) is 5.66. The van der Waals surface area contributed by atoms with Gasteiger partial charge in [0.15, 0.2) is 0 Å². The van der Waals surface area contributed by atoms with E-state index in [0.29, 0.717) is 4.77 Å². The van der Waals surface area contributed by atoms with E-state index in [-0.39, 0.29) is 23.4 Å². The van der Waals surface area contributed by atoms with Gasteiger partial charge in [-0.15, -0.1) is 0 Å². The van der Waals surface area contributed by atoms with Crippen LogP contribution in [0.25, 0.3) is 0 Å². The average molecular weight is 255 g/mol. The van der Waals surface area contributed by atoms with E-state index in [1.165, 1.54) is 0 Å². The molecule has 0 saturated carbocycles. The first-order valence-corrected chi connectivity index (χ1v) is 6.15. The first-order chi connectivity index (χ1) is 7.87. The highest BCUT2D eigenvalue weighted by molar-refractivity contribution is 7.71. The molecule has 94 valence electrons. The van der Waals surface area contributed by atoms with Gasteiger partial charge in [0.1, 0.15) is 11.4 Å². The minimum atomic E-state index is -0.333. The predicted molar refractivity (Wildman–Crippen MR) is 65.1 cm³/mol. The van der Waals surface area contributed by atoms with Gasteiger partial charge in [0.05, 0.1) is 5.92 Å². The van der Waals surface area contributed by atoms with E-state index in [4.69, 9.17) is 17.0 Å². The van der Waals surface area contributed by atoms with Crippen LogP contribution in [0.1, 0.15) is 45.4 Å². The molecule has 2 N–H and O–H groups in total. The molecule has 0 radical (unpaired) electrons. The molecular formula is C11H17N3O2S. The molecule has 0 unspecified atom stereocenters. The number of carbonyl (C=O) groups is 1. The van der Waals surface area contributed by atoms with Gasteiger partial charge >= 0.3 is 5.97 Å². The smallest absolute Gasteiger partial charge is 0.309 e. The van der Waals surface area contributed by atoms with Crippen LogP contribution in [0.3, 0.4) is 0 Å². The number of carbonyl (C=O) groups excluding carboxylic acids is 1. The lowest BCUT2D eigenvalue weighted by Gasteiger charge is -2.15. The summed E-state index contributed by atoms with van der Waals surface area (Å²) in [6.45, 7) is 5.91. The van der Waals surface area contributed by atoms with E-state index >= 15 is 0 Å². The number of cyclic esters (lactones) is 1. The Hall–Kier alpha value is -1.17. The fourth-order valence-electron chi connectivity index (χ4n) is 2.31. The molecular weight excluding hydrogens is 238 g/mol. The van der Waals surface area contributed by atoms with Crippen LogP contribution in [-0.2, 0) is 9.53 Å². The summed E-state index contributed by atoms with van der Waals surface area (Å²) in [5.74, 6) is 0.816. The predicted octanol–water partition coefficient (Wildman–Crippen LogP) is 2.30. The van der Waals surface area contributed by atoms with Gasteiger partial charge in [-0.1, -0.05) is 6.92 Å². The second-order valence-electron chi connectivity index (χ2n) is 5.27. The van der Waals surface area contributed by atoms with Crippen molar-refractivity contribution in [1.82, 2.24) is 15.2 Å². The third-order valence-electron chi connectivity index (χ3n) is 3.07. The van der Waals surface area contributed by atoms with Gasteiger partial charge in [-0.05, 0) is 38.9 Å². The van der Waals surface area contributed by atoms with Crippen molar-refractivity contribution in [3.63, 3.8) is 0 Å². The monoisotopic (exact) mass is 255 g/mol. The van der Waals surface area contributed by atoms with Crippen molar-refractivity contribution in [2.75, 3.05) is 0 Å². The van der Waals surface area contributed by atoms with Crippen LogP contribution < -0.4 is 0 Å². The summed E-state index contributed by atoms with van der Waals surface area (Å²) < 4.78 is 5.75. The summed E-state index contributed by atoms with van der Waals surface area (Å²) in [5, 5.41) is 5.69. The van der Waals surface area contributed by atoms with Crippen molar-refractivity contribution >= 4 is 18.2 Å². The van der Waals surface area contributed by atoms with Crippen LogP contribution in [-0.4, -0.2) is 26.8 Å². The maximum absolute atomic E-state index is 11.7. The maximum Gasteiger partial charge on any atom is 0.309 e. The zero-order chi connectivity index (χ0) is 12.6. The summed E-state index contributed by atoms with van der Waals surface area (Å²) in [5.41, 5.74) is -0.333. The largest absolute Gasteiger partial charge is 0.459 e. The van der Waals surface area contributed by atoms with Gasteiger partial charge in [-0.3, -0.25) is 15.0 Å². The highest BCUT2D eigenvalue weighted by Gasteiger charge is 2.40. The Labute approximate surface area is 105 Å². The molecule has 2 atom stereocenters. The van der Waals surface area contributed by atoms with Crippen LogP contribution in [0.2, 0.25) is 0 Å². The first kappa shape index (κ1) is 12.3. The lowest BCUT2D eigenvalue weighted by Crippen LogP contribution is -2.17. The molecule has 0 aliphatic carbocycles. The lowest BCUT2D eigenvalue weighted by atomic mass is 9.89. The van der Waals surface area contributed by atoms with Crippen molar-refractivity contribution in [3.8, 4) is 0 Å². The molecule has 1 aliphatic heterocycles. The molecule has 1 aliphatic rings. The number of ether oxygens (including phenoxy) is 1. The molecule has 1 aromatic rings. The highest BCUT2D eigenvalue weighted by atomic mass is 32.1. The number of hydrogen-bond acceptors (Lipinski definition) is 4. The van der Waals surface area contributed by atoms with Crippen molar-refractivity contribution in [2.24, 2.45) is 5.92 Å². The van der Waals surface area contributed by atoms with Gasteiger partial charge in [0.25, 0.3) is 0 Å². The summed E-state index contributed by atoms with van der Waals surface area (Å²) in [7, 11) is 0. The van der Waals surface area contributed by atoms with Crippen molar-refractivity contribution in [3.05, 3.63) is 10.6 Å². The fourth-order valence-corrected chi connectivity index (χ4v) is 2.46. The molecule has 0 amide bonds. The molecule has 0 bridgehead atoms. The molecule has 2 rings (SSSR count). The normalized spacial score (nSPS) is 24.6. The molecule has 2 heterocycles. The maximum atomic E-state index is 11.7. The van der Waals surface area contributed by atoms with Crippen LogP contribution in [0.5, 0.6) is 0 Å². The Morgan fingerprint density at radius 3 is 2.76 bits per heavy atom. The number of aromatic amines is 2. The summed E-state index contributed by atoms with van der Waals surface area (Å²) >= 11 is 4.90. The van der Waals surface area contributed by atoms with E-state index in [9.17, 15) is 4.79 Å². The van der Waals surface area contributed by atoms with Crippen LogP contribution in [0, 0.1) is 10.7 Å². The third-order valence-corrected chi connectivity index (χ3v) is 3.27. The average Bonchev–Trinajstić information content (AvgIpc) is 2.71. The Kier molecular flexibility index (Phi) is 3.07. The van der Waals surface area contributed by atoms with Gasteiger partial charge in [-0.25, -0.2) is 4.98 Å². The van der Waals surface area contributed by atoms with Crippen LogP contribution in [0.4, 0.5) is 0 Å². The number of nitrogens with zero attached hydrogens (tertiary/aromatic N) is 1. The fraction of sp³-hybridized carbons (Fsp3) is 0.727. The molecule has 5 nitrogen and oxygen atoms in total. The Bertz CT molecular complexity index is 477. The lowest BCUT2D eigenvalue weighted by molar-refractivity contribution is -0.148. The number of nitrogens with one attached hydrogen (secondary N) is 2. The number of hydrogen-bond donors (Lipinski definition) is 2. The Balaban J connectivity index is 2.02. The SMILES string of the molecule is C[C@H](C[C@H]1CC(C)(C)OC1=O)c1nc(=S)[nH][nH]1. The molecule has 0 spiro atoms. The van der Waals surface area contributed by atoms with E-state index in [1.807, 2.05) is 20.8 Å². The first-order valence-electron chi connectivity index (χ1n) is 5.75. The van der Waals surface area contributed by atoms with E-state index < -0.39 is 0 Å². The summed E-state index contributed by atoms with van der Waals surface area (Å²) in [4.78, 5) is 15.8. The standard InChI is InChI=1S/C11H17N3O2S/c1-6(8-12-10(17)14-13-8)4-7-5-11(2,3)16-9(7)15/h6-7H,4-5H2,1-3H3,(H2,12,13,14,17)/t6-,7+/m1/s1. The second kappa shape index (κ2) is 4.25. The topological polar surface area (TPSA) is 70.8 Å². The number of H-pyrrole nitrogens is 2. The summed E-state index contributed by atoms with van der Waals surface area (Å²) in [6, 6.07) is 0. The zero-order valence-corrected chi connectivity index (χ0v) is 11.1. The number of rotatable bonds is 3. The Morgan fingerprint density at radius 2 is 2.29 bits per heavy atom. The Morgan fingerprint density at radius 1 is 1.59 bits per heavy atom.